The average molecular weight is 291 g/mol. The van der Waals surface area contributed by atoms with Crippen LogP contribution in [0.1, 0.15) is 11.7 Å². The van der Waals surface area contributed by atoms with Crippen LogP contribution >= 0.6 is 11.6 Å². The molecule has 1 rings (SSSR count). The fourth-order valence-corrected chi connectivity index (χ4v) is 2.04. The topological polar surface area (TPSA) is 115 Å². The number of sulfonamides is 1. The molecule has 7 nitrogen and oxygen atoms in total. The van der Waals surface area contributed by atoms with Crippen LogP contribution < -0.4 is 4.72 Å². The van der Waals surface area contributed by atoms with Gasteiger partial charge >= 0.3 is 0 Å². The maximum absolute atomic E-state index is 11.1. The van der Waals surface area contributed by atoms with Crippen molar-refractivity contribution >= 4 is 27.3 Å². The van der Waals surface area contributed by atoms with E-state index >= 15 is 0 Å². The highest BCUT2D eigenvalue weighted by molar-refractivity contribution is 7.92. The number of hydrogen-bond donors (Lipinski definition) is 2. The van der Waals surface area contributed by atoms with E-state index in [4.69, 9.17) is 17.1 Å². The molecule has 0 heterocycles. The largest absolute Gasteiger partial charge is 0.388 e. The van der Waals surface area contributed by atoms with Gasteiger partial charge in [0.25, 0.3) is 0 Å². The average Bonchev–Trinajstić information content (AvgIpc) is 2.27. The number of nitrogens with zero attached hydrogens (tertiary/aromatic N) is 3. The van der Waals surface area contributed by atoms with Gasteiger partial charge in [0.15, 0.2) is 0 Å². The van der Waals surface area contributed by atoms with Crippen LogP contribution in [-0.2, 0) is 10.0 Å². The summed E-state index contributed by atoms with van der Waals surface area (Å²) in [7, 11) is -3.46. The highest BCUT2D eigenvalue weighted by atomic mass is 35.5. The van der Waals surface area contributed by atoms with Crippen LogP contribution in [0.5, 0.6) is 0 Å². The van der Waals surface area contributed by atoms with Crippen LogP contribution in [0.15, 0.2) is 23.3 Å². The molecule has 1 aromatic carbocycles. The van der Waals surface area contributed by atoms with Crippen LogP contribution in [0.4, 0.5) is 5.69 Å². The molecular formula is C9H11ClN4O3S. The lowest BCUT2D eigenvalue weighted by atomic mass is 10.1. The zero-order valence-corrected chi connectivity index (χ0v) is 11.0. The Hall–Kier alpha value is -1.47. The Bertz CT molecular complexity index is 583. The molecule has 0 bridgehead atoms. The predicted molar refractivity (Wildman–Crippen MR) is 68.9 cm³/mol. The molecule has 0 aliphatic rings. The minimum Gasteiger partial charge on any atom is -0.388 e. The predicted octanol–water partition coefficient (Wildman–Crippen LogP) is 2.06. The van der Waals surface area contributed by atoms with Crippen LogP contribution in [-0.4, -0.2) is 26.3 Å². The van der Waals surface area contributed by atoms with E-state index in [0.717, 1.165) is 6.26 Å². The number of anilines is 1. The Kier molecular flexibility index (Phi) is 4.80. The minimum atomic E-state index is -3.46. The fourth-order valence-electron chi connectivity index (χ4n) is 1.25. The van der Waals surface area contributed by atoms with Gasteiger partial charge in [-0.25, -0.2) is 8.42 Å². The van der Waals surface area contributed by atoms with Crippen LogP contribution in [0.25, 0.3) is 10.4 Å². The van der Waals surface area contributed by atoms with Crippen LogP contribution in [0.3, 0.4) is 0 Å². The number of aliphatic hydroxyl groups is 1. The molecule has 9 heteroatoms. The van der Waals surface area contributed by atoms with Gasteiger partial charge in [0.2, 0.25) is 10.0 Å². The van der Waals surface area contributed by atoms with Crippen molar-refractivity contribution in [2.24, 2.45) is 5.11 Å². The maximum Gasteiger partial charge on any atom is 0.229 e. The van der Waals surface area contributed by atoms with Gasteiger partial charge in [0, 0.05) is 4.91 Å². The zero-order chi connectivity index (χ0) is 13.8. The third-order valence-corrected chi connectivity index (χ3v) is 2.91. The second-order valence-corrected chi connectivity index (χ2v) is 5.70. The normalized spacial score (nSPS) is 12.6. The molecule has 1 aromatic rings. The molecule has 2 N–H and O–H groups in total. The quantitative estimate of drug-likeness (QED) is 0.491. The third kappa shape index (κ3) is 4.42. The first kappa shape index (κ1) is 14.6. The zero-order valence-electron chi connectivity index (χ0n) is 9.41. The highest BCUT2D eigenvalue weighted by Crippen LogP contribution is 2.26. The number of hydrogen-bond acceptors (Lipinski definition) is 4. The molecule has 1 unspecified atom stereocenters. The smallest absolute Gasteiger partial charge is 0.229 e. The summed E-state index contributed by atoms with van der Waals surface area (Å²) < 4.78 is 24.4. The van der Waals surface area contributed by atoms with E-state index in [2.05, 4.69) is 14.7 Å². The van der Waals surface area contributed by atoms with Crippen molar-refractivity contribution in [2.75, 3.05) is 17.5 Å². The molecule has 18 heavy (non-hydrogen) atoms. The third-order valence-electron chi connectivity index (χ3n) is 1.99. The summed E-state index contributed by atoms with van der Waals surface area (Å²) in [5, 5.41) is 13.1. The summed E-state index contributed by atoms with van der Waals surface area (Å²) in [4.78, 5) is 2.53. The first-order valence-corrected chi connectivity index (χ1v) is 7.06. The van der Waals surface area contributed by atoms with Crippen molar-refractivity contribution < 1.29 is 13.5 Å². The second kappa shape index (κ2) is 5.92. The van der Waals surface area contributed by atoms with E-state index in [9.17, 15) is 13.5 Å². The van der Waals surface area contributed by atoms with Gasteiger partial charge in [-0.05, 0) is 23.2 Å². The van der Waals surface area contributed by atoms with Crippen molar-refractivity contribution in [3.63, 3.8) is 0 Å². The van der Waals surface area contributed by atoms with Gasteiger partial charge in [-0.2, -0.15) is 0 Å². The van der Waals surface area contributed by atoms with E-state index in [-0.39, 0.29) is 17.3 Å². The Morgan fingerprint density at radius 1 is 1.61 bits per heavy atom. The van der Waals surface area contributed by atoms with E-state index in [1.54, 1.807) is 0 Å². The molecule has 0 aromatic heterocycles. The standard InChI is InChI=1S/C9H11ClN4O3S/c1-18(16,17)13-8-4-6(2-3-7(8)10)9(15)5-12-14-11/h2-4,9,13,15H,5H2,1H3. The summed E-state index contributed by atoms with van der Waals surface area (Å²) in [6, 6.07) is 4.36. The minimum absolute atomic E-state index is 0.142. The molecule has 0 radical (unpaired) electrons. The summed E-state index contributed by atoms with van der Waals surface area (Å²) >= 11 is 5.82. The summed E-state index contributed by atoms with van der Waals surface area (Å²) in [6.45, 7) is -0.142. The number of azide groups is 1. The lowest BCUT2D eigenvalue weighted by Gasteiger charge is -2.12. The SMILES string of the molecule is CS(=O)(=O)Nc1cc(C(O)CN=[N+]=[N-])ccc1Cl. The second-order valence-electron chi connectivity index (χ2n) is 3.54. The van der Waals surface area contributed by atoms with E-state index in [1.165, 1.54) is 18.2 Å². The number of rotatable bonds is 5. The van der Waals surface area contributed by atoms with Gasteiger partial charge in [-0.1, -0.05) is 22.8 Å². The molecule has 0 amide bonds. The number of nitrogens with one attached hydrogen (secondary N) is 1. The molecule has 0 aliphatic heterocycles. The van der Waals surface area contributed by atoms with E-state index in [1.807, 2.05) is 0 Å². The van der Waals surface area contributed by atoms with E-state index < -0.39 is 16.1 Å². The van der Waals surface area contributed by atoms with Crippen LogP contribution in [0, 0.1) is 0 Å². The monoisotopic (exact) mass is 290 g/mol. The Balaban J connectivity index is 3.03. The molecule has 0 fully saturated rings. The Morgan fingerprint density at radius 2 is 2.28 bits per heavy atom. The first-order chi connectivity index (χ1) is 8.33. The molecule has 1 atom stereocenters. The van der Waals surface area contributed by atoms with Gasteiger partial charge < -0.3 is 5.11 Å². The van der Waals surface area contributed by atoms with E-state index in [0.29, 0.717) is 5.56 Å². The molecular weight excluding hydrogens is 280 g/mol. The van der Waals surface area contributed by atoms with Gasteiger partial charge in [-0.3, -0.25) is 4.72 Å². The Morgan fingerprint density at radius 3 is 2.83 bits per heavy atom. The highest BCUT2D eigenvalue weighted by Gasteiger charge is 2.11. The molecule has 98 valence electrons. The van der Waals surface area contributed by atoms with Crippen molar-refractivity contribution in [1.82, 2.24) is 0 Å². The van der Waals surface area contributed by atoms with Crippen molar-refractivity contribution in [3.05, 3.63) is 39.2 Å². The molecule has 0 saturated heterocycles. The number of aliphatic hydroxyl groups excluding tert-OH is 1. The molecule has 0 saturated carbocycles. The lowest BCUT2D eigenvalue weighted by Crippen LogP contribution is -2.11. The first-order valence-electron chi connectivity index (χ1n) is 4.79. The van der Waals surface area contributed by atoms with Crippen LogP contribution in [0.2, 0.25) is 5.02 Å². The molecule has 0 aliphatic carbocycles. The number of benzene rings is 1. The summed E-state index contributed by atoms with van der Waals surface area (Å²) in [6.07, 6.45) is -0.0230. The summed E-state index contributed by atoms with van der Waals surface area (Å²) in [5.41, 5.74) is 8.71. The molecule has 0 spiro atoms. The lowest BCUT2D eigenvalue weighted by molar-refractivity contribution is 0.187. The fraction of sp³-hybridized carbons (Fsp3) is 0.333. The van der Waals surface area contributed by atoms with Crippen molar-refractivity contribution in [2.45, 2.75) is 6.10 Å². The van der Waals surface area contributed by atoms with Gasteiger partial charge in [-0.15, -0.1) is 0 Å². The maximum atomic E-state index is 11.1. The summed E-state index contributed by atoms with van der Waals surface area (Å²) in [5.74, 6) is 0. The van der Waals surface area contributed by atoms with Gasteiger partial charge in [0.05, 0.1) is 29.6 Å². The Labute approximate surface area is 109 Å². The van der Waals surface area contributed by atoms with Crippen molar-refractivity contribution in [1.29, 1.82) is 0 Å². The number of halogens is 1. The van der Waals surface area contributed by atoms with Crippen molar-refractivity contribution in [3.8, 4) is 0 Å². The van der Waals surface area contributed by atoms with Gasteiger partial charge in [0.1, 0.15) is 0 Å².